The van der Waals surface area contributed by atoms with Crippen LogP contribution in [0.4, 0.5) is 11.6 Å². The molecule has 0 spiro atoms. The van der Waals surface area contributed by atoms with Gasteiger partial charge in [-0.3, -0.25) is 0 Å². The van der Waals surface area contributed by atoms with Crippen molar-refractivity contribution in [2.45, 2.75) is 19.8 Å². The average molecular weight is 410 g/mol. The Morgan fingerprint density at radius 2 is 1.61 bits per heavy atom. The number of azo groups is 1. The van der Waals surface area contributed by atoms with Crippen molar-refractivity contribution in [3.8, 4) is 5.69 Å². The molecule has 1 heterocycles. The molecule has 0 atom stereocenters. The summed E-state index contributed by atoms with van der Waals surface area (Å²) in [7, 11) is 0. The number of benzene rings is 3. The molecule has 0 saturated carbocycles. The first kappa shape index (κ1) is 20.1. The topological polar surface area (TPSA) is 92.7 Å². The van der Waals surface area contributed by atoms with Crippen LogP contribution < -0.4 is 5.43 Å². The number of aryl methyl sites for hydroxylation is 1. The minimum absolute atomic E-state index is 0.374. The molecule has 0 aliphatic rings. The van der Waals surface area contributed by atoms with Gasteiger partial charge in [0.1, 0.15) is 0 Å². The lowest BCUT2D eigenvalue weighted by Gasteiger charge is -2.05. The van der Waals surface area contributed by atoms with Gasteiger partial charge >= 0.3 is 0 Å². The molecule has 0 radical (unpaired) electrons. The van der Waals surface area contributed by atoms with E-state index in [1.165, 1.54) is 5.56 Å². The molecule has 8 heteroatoms. The molecule has 31 heavy (non-hydrogen) atoms. The normalized spacial score (nSPS) is 11.7. The Morgan fingerprint density at radius 3 is 2.32 bits per heavy atom. The summed E-state index contributed by atoms with van der Waals surface area (Å²) in [6, 6.07) is 27.3. The summed E-state index contributed by atoms with van der Waals surface area (Å²) in [5.41, 5.74) is 6.60. The number of nitrogens with zero attached hydrogens (tertiary/aromatic N) is 7. The quantitative estimate of drug-likeness (QED) is 0.197. The molecule has 154 valence electrons. The van der Waals surface area contributed by atoms with E-state index in [1.54, 1.807) is 4.68 Å². The van der Waals surface area contributed by atoms with E-state index < -0.39 is 0 Å². The number of nitrogens with one attached hydrogen (secondary N) is 1. The second-order valence-corrected chi connectivity index (χ2v) is 6.78. The lowest BCUT2D eigenvalue weighted by molar-refractivity contribution is 0.790. The molecule has 0 saturated heterocycles. The first-order valence-electron chi connectivity index (χ1n) is 10.1. The highest BCUT2D eigenvalue weighted by Gasteiger charge is 2.08. The van der Waals surface area contributed by atoms with Crippen molar-refractivity contribution in [1.82, 2.24) is 20.2 Å². The van der Waals surface area contributed by atoms with Crippen LogP contribution in [0.15, 0.2) is 100 Å². The van der Waals surface area contributed by atoms with E-state index >= 15 is 0 Å². The van der Waals surface area contributed by atoms with Crippen LogP contribution >= 0.6 is 0 Å². The van der Waals surface area contributed by atoms with E-state index in [-0.39, 0.29) is 0 Å². The van der Waals surface area contributed by atoms with Gasteiger partial charge in [0.15, 0.2) is 0 Å². The highest BCUT2D eigenvalue weighted by atomic mass is 15.6. The highest BCUT2D eigenvalue weighted by molar-refractivity contribution is 5.99. The number of anilines is 1. The van der Waals surface area contributed by atoms with E-state index in [9.17, 15) is 0 Å². The number of tetrazole rings is 1. The van der Waals surface area contributed by atoms with Gasteiger partial charge in [0.2, 0.25) is 5.84 Å². The van der Waals surface area contributed by atoms with Crippen molar-refractivity contribution in [2.24, 2.45) is 15.3 Å². The maximum Gasteiger partial charge on any atom is 0.268 e. The number of rotatable bonds is 7. The fourth-order valence-electron chi connectivity index (χ4n) is 2.96. The van der Waals surface area contributed by atoms with Gasteiger partial charge in [-0.1, -0.05) is 79.1 Å². The lowest BCUT2D eigenvalue weighted by Crippen LogP contribution is -2.06. The van der Waals surface area contributed by atoms with Crippen LogP contribution in [0.5, 0.6) is 0 Å². The largest absolute Gasteiger partial charge is 0.268 e. The van der Waals surface area contributed by atoms with Gasteiger partial charge in [-0.15, -0.1) is 10.2 Å². The molecule has 0 fully saturated rings. The van der Waals surface area contributed by atoms with Gasteiger partial charge in [0.05, 0.1) is 11.4 Å². The van der Waals surface area contributed by atoms with Crippen LogP contribution in [-0.4, -0.2) is 26.0 Å². The second kappa shape index (κ2) is 10.0. The van der Waals surface area contributed by atoms with Crippen molar-refractivity contribution < 1.29 is 0 Å². The molecule has 8 nitrogen and oxygen atoms in total. The van der Waals surface area contributed by atoms with Crippen LogP contribution in [0.2, 0.25) is 0 Å². The van der Waals surface area contributed by atoms with Crippen molar-refractivity contribution in [1.29, 1.82) is 0 Å². The Hall–Kier alpha value is -4.20. The number of amidine groups is 1. The van der Waals surface area contributed by atoms with Gasteiger partial charge < -0.3 is 0 Å². The summed E-state index contributed by atoms with van der Waals surface area (Å²) in [4.78, 5) is 0. The van der Waals surface area contributed by atoms with Gasteiger partial charge in [-0.2, -0.15) is 9.78 Å². The third-order valence-corrected chi connectivity index (χ3v) is 4.50. The van der Waals surface area contributed by atoms with Gasteiger partial charge in [0, 0.05) is 5.56 Å². The monoisotopic (exact) mass is 410 g/mol. The molecule has 3 aromatic carbocycles. The summed E-state index contributed by atoms with van der Waals surface area (Å²) < 4.78 is 1.57. The van der Waals surface area contributed by atoms with E-state index in [4.69, 9.17) is 0 Å². The smallest absolute Gasteiger partial charge is 0.242 e. The molecule has 0 unspecified atom stereocenters. The molecule has 1 N–H and O–H groups in total. The SMILES string of the molecule is CCCc1ccc(N=NC(=NNc2nnnn2-c2ccccc2)c2ccccc2)cc1. The summed E-state index contributed by atoms with van der Waals surface area (Å²) >= 11 is 0. The predicted molar refractivity (Wildman–Crippen MR) is 121 cm³/mol. The molecule has 4 aromatic rings. The summed E-state index contributed by atoms with van der Waals surface area (Å²) in [6.07, 6.45) is 2.16. The highest BCUT2D eigenvalue weighted by Crippen LogP contribution is 2.16. The third kappa shape index (κ3) is 5.24. The van der Waals surface area contributed by atoms with Crippen LogP contribution in [0.25, 0.3) is 5.69 Å². The zero-order valence-electron chi connectivity index (χ0n) is 17.1. The Balaban J connectivity index is 1.59. The third-order valence-electron chi connectivity index (χ3n) is 4.50. The first-order chi connectivity index (χ1) is 15.3. The van der Waals surface area contributed by atoms with E-state index in [1.807, 2.05) is 72.8 Å². The predicted octanol–water partition coefficient (Wildman–Crippen LogP) is 5.17. The summed E-state index contributed by atoms with van der Waals surface area (Å²) in [5.74, 6) is 0.791. The molecule has 4 rings (SSSR count). The molecule has 0 aliphatic carbocycles. The zero-order valence-corrected chi connectivity index (χ0v) is 17.1. The molecular formula is C23H22N8. The Labute approximate surface area is 180 Å². The lowest BCUT2D eigenvalue weighted by atomic mass is 10.1. The molecule has 0 bridgehead atoms. The summed E-state index contributed by atoms with van der Waals surface area (Å²) in [5, 5.41) is 24.9. The number of aromatic nitrogens is 4. The van der Waals surface area contributed by atoms with Crippen molar-refractivity contribution >= 4 is 17.5 Å². The fraction of sp³-hybridized carbons (Fsp3) is 0.130. The standard InChI is InChI=1S/C23H22N8/c1-2-9-18-14-16-20(17-15-18)24-25-22(19-10-5-3-6-11-19)26-27-23-28-29-30-31(23)21-12-7-4-8-13-21/h3-8,10-17H,2,9H2,1H3,(H,27,28,30). The van der Waals surface area contributed by atoms with Gasteiger partial charge in [-0.25, -0.2) is 5.43 Å². The maximum absolute atomic E-state index is 4.43. The van der Waals surface area contributed by atoms with Gasteiger partial charge in [0.25, 0.3) is 5.95 Å². The Bertz CT molecular complexity index is 1150. The number of hydrazone groups is 1. The van der Waals surface area contributed by atoms with Crippen molar-refractivity contribution in [3.05, 3.63) is 96.1 Å². The zero-order chi connectivity index (χ0) is 21.3. The molecule has 0 aliphatic heterocycles. The van der Waals surface area contributed by atoms with E-state index in [2.05, 4.69) is 55.3 Å². The molecule has 1 aromatic heterocycles. The first-order valence-corrected chi connectivity index (χ1v) is 10.1. The average Bonchev–Trinajstić information content (AvgIpc) is 3.30. The number of para-hydroxylation sites is 1. The van der Waals surface area contributed by atoms with Crippen LogP contribution in [-0.2, 0) is 6.42 Å². The molecular weight excluding hydrogens is 388 g/mol. The van der Waals surface area contributed by atoms with Crippen LogP contribution in [0.3, 0.4) is 0 Å². The second-order valence-electron chi connectivity index (χ2n) is 6.78. The minimum atomic E-state index is 0.374. The van der Waals surface area contributed by atoms with Crippen molar-refractivity contribution in [2.75, 3.05) is 5.43 Å². The Morgan fingerprint density at radius 1 is 0.903 bits per heavy atom. The number of hydrogen-bond donors (Lipinski definition) is 1. The minimum Gasteiger partial charge on any atom is -0.242 e. The van der Waals surface area contributed by atoms with Crippen LogP contribution in [0.1, 0.15) is 24.5 Å². The molecule has 0 amide bonds. The van der Waals surface area contributed by atoms with Crippen molar-refractivity contribution in [3.63, 3.8) is 0 Å². The Kier molecular flexibility index (Phi) is 6.49. The van der Waals surface area contributed by atoms with Crippen LogP contribution in [0, 0.1) is 0 Å². The van der Waals surface area contributed by atoms with Gasteiger partial charge in [-0.05, 0) is 46.7 Å². The fourth-order valence-corrected chi connectivity index (χ4v) is 2.96. The van der Waals surface area contributed by atoms with E-state index in [0.717, 1.165) is 29.8 Å². The maximum atomic E-state index is 4.43. The number of hydrogen-bond acceptors (Lipinski definition) is 6. The van der Waals surface area contributed by atoms with E-state index in [0.29, 0.717) is 11.8 Å². The summed E-state index contributed by atoms with van der Waals surface area (Å²) in [6.45, 7) is 2.16.